The van der Waals surface area contributed by atoms with Crippen molar-refractivity contribution in [1.82, 2.24) is 5.32 Å². The third-order valence-electron chi connectivity index (χ3n) is 4.51. The lowest BCUT2D eigenvalue weighted by Gasteiger charge is -2.12. The first-order valence-electron chi connectivity index (χ1n) is 9.26. The zero-order chi connectivity index (χ0) is 22.4. The standard InChI is InChI=1S/C23H19F3N2O3/c1-31-18-12-8-16(9-13-18)21(29)28-20-5-3-2-4-19(20)22(30)27-14-15-6-10-17(11-7-15)23(24,25)26/h2-13H,14H2,1H3,(H,27,30)(H,28,29). The molecule has 8 heteroatoms. The SMILES string of the molecule is COc1ccc(C(=O)Nc2ccccc2C(=O)NCc2ccc(C(F)(F)F)cc2)cc1. The number of carbonyl (C=O) groups is 2. The molecule has 0 saturated heterocycles. The first-order valence-corrected chi connectivity index (χ1v) is 9.26. The van der Waals surface area contributed by atoms with Crippen LogP contribution in [0.2, 0.25) is 0 Å². The van der Waals surface area contributed by atoms with Gasteiger partial charge in [0.1, 0.15) is 5.75 Å². The quantitative estimate of drug-likeness (QED) is 0.587. The Labute approximate surface area is 176 Å². The van der Waals surface area contributed by atoms with E-state index in [1.54, 1.807) is 48.5 Å². The molecule has 3 aromatic carbocycles. The van der Waals surface area contributed by atoms with E-state index in [-0.39, 0.29) is 12.1 Å². The van der Waals surface area contributed by atoms with Crippen molar-refractivity contribution >= 4 is 17.5 Å². The summed E-state index contributed by atoms with van der Waals surface area (Å²) in [5, 5.41) is 5.36. The van der Waals surface area contributed by atoms with E-state index in [1.807, 2.05) is 0 Å². The lowest BCUT2D eigenvalue weighted by Crippen LogP contribution is -2.25. The molecule has 0 aromatic heterocycles. The van der Waals surface area contributed by atoms with Crippen molar-refractivity contribution < 1.29 is 27.5 Å². The van der Waals surface area contributed by atoms with Crippen molar-refractivity contribution in [3.63, 3.8) is 0 Å². The average molecular weight is 428 g/mol. The van der Waals surface area contributed by atoms with Crippen LogP contribution in [0, 0.1) is 0 Å². The number of nitrogens with one attached hydrogen (secondary N) is 2. The van der Waals surface area contributed by atoms with Crippen molar-refractivity contribution in [2.24, 2.45) is 0 Å². The monoisotopic (exact) mass is 428 g/mol. The summed E-state index contributed by atoms with van der Waals surface area (Å²) in [4.78, 5) is 25.1. The second-order valence-corrected chi connectivity index (χ2v) is 6.61. The summed E-state index contributed by atoms with van der Waals surface area (Å²) in [6.45, 7) is 0.0394. The van der Waals surface area contributed by atoms with E-state index >= 15 is 0 Å². The number of rotatable bonds is 6. The van der Waals surface area contributed by atoms with Crippen LogP contribution in [0.1, 0.15) is 31.8 Å². The van der Waals surface area contributed by atoms with Gasteiger partial charge >= 0.3 is 6.18 Å². The Morgan fingerprint density at radius 1 is 0.871 bits per heavy atom. The molecule has 0 aliphatic heterocycles. The lowest BCUT2D eigenvalue weighted by molar-refractivity contribution is -0.137. The number of anilines is 1. The van der Waals surface area contributed by atoms with Gasteiger partial charge < -0.3 is 15.4 Å². The Hall–Kier alpha value is -3.81. The minimum absolute atomic E-state index is 0.0394. The Morgan fingerprint density at radius 3 is 2.13 bits per heavy atom. The molecule has 0 unspecified atom stereocenters. The molecule has 5 nitrogen and oxygen atoms in total. The molecule has 160 valence electrons. The molecule has 3 aromatic rings. The van der Waals surface area contributed by atoms with Crippen LogP contribution in [0.15, 0.2) is 72.8 Å². The Kier molecular flexibility index (Phi) is 6.59. The number of amides is 2. The second kappa shape index (κ2) is 9.34. The van der Waals surface area contributed by atoms with E-state index in [2.05, 4.69) is 10.6 Å². The van der Waals surface area contributed by atoms with Gasteiger partial charge in [0.25, 0.3) is 11.8 Å². The van der Waals surface area contributed by atoms with Gasteiger partial charge in [0.15, 0.2) is 0 Å². The van der Waals surface area contributed by atoms with Gasteiger partial charge in [-0.2, -0.15) is 13.2 Å². The van der Waals surface area contributed by atoms with Gasteiger partial charge in [-0.1, -0.05) is 24.3 Å². The number of alkyl halides is 3. The summed E-state index contributed by atoms with van der Waals surface area (Å²) in [6, 6.07) is 17.5. The van der Waals surface area contributed by atoms with Crippen molar-refractivity contribution in [2.45, 2.75) is 12.7 Å². The van der Waals surface area contributed by atoms with Crippen LogP contribution < -0.4 is 15.4 Å². The Bertz CT molecular complexity index is 1060. The number of halogens is 3. The minimum Gasteiger partial charge on any atom is -0.497 e. The van der Waals surface area contributed by atoms with Crippen molar-refractivity contribution in [1.29, 1.82) is 0 Å². The molecule has 0 aliphatic carbocycles. The maximum Gasteiger partial charge on any atom is 0.416 e. The number of para-hydroxylation sites is 1. The van der Waals surface area contributed by atoms with Gasteiger partial charge in [-0.05, 0) is 54.1 Å². The van der Waals surface area contributed by atoms with E-state index < -0.39 is 23.6 Å². The summed E-state index contributed by atoms with van der Waals surface area (Å²) in [5.74, 6) is -0.254. The number of methoxy groups -OCH3 is 1. The zero-order valence-electron chi connectivity index (χ0n) is 16.5. The van der Waals surface area contributed by atoms with E-state index in [0.717, 1.165) is 12.1 Å². The smallest absolute Gasteiger partial charge is 0.416 e. The molecule has 0 radical (unpaired) electrons. The third-order valence-corrected chi connectivity index (χ3v) is 4.51. The first kappa shape index (κ1) is 21.9. The number of carbonyl (C=O) groups excluding carboxylic acids is 2. The van der Waals surface area contributed by atoms with Gasteiger partial charge in [-0.3, -0.25) is 9.59 Å². The molecule has 0 aliphatic rings. The van der Waals surface area contributed by atoms with Crippen LogP contribution in [-0.4, -0.2) is 18.9 Å². The maximum absolute atomic E-state index is 12.7. The van der Waals surface area contributed by atoms with Gasteiger partial charge in [0, 0.05) is 12.1 Å². The van der Waals surface area contributed by atoms with Crippen molar-refractivity contribution in [2.75, 3.05) is 12.4 Å². The maximum atomic E-state index is 12.7. The topological polar surface area (TPSA) is 67.4 Å². The highest BCUT2D eigenvalue weighted by molar-refractivity contribution is 6.09. The van der Waals surface area contributed by atoms with Gasteiger partial charge in [-0.15, -0.1) is 0 Å². The van der Waals surface area contributed by atoms with Gasteiger partial charge in [-0.25, -0.2) is 0 Å². The highest BCUT2D eigenvalue weighted by atomic mass is 19.4. The van der Waals surface area contributed by atoms with Crippen molar-refractivity contribution in [3.8, 4) is 5.75 Å². The second-order valence-electron chi connectivity index (χ2n) is 6.61. The van der Waals surface area contributed by atoms with Crippen LogP contribution in [0.5, 0.6) is 5.75 Å². The minimum atomic E-state index is -4.41. The van der Waals surface area contributed by atoms with Crippen LogP contribution in [-0.2, 0) is 12.7 Å². The third kappa shape index (κ3) is 5.63. The fraction of sp³-hybridized carbons (Fsp3) is 0.130. The highest BCUT2D eigenvalue weighted by Crippen LogP contribution is 2.29. The normalized spacial score (nSPS) is 11.0. The van der Waals surface area contributed by atoms with E-state index in [4.69, 9.17) is 4.74 Å². The molecule has 2 amide bonds. The van der Waals surface area contributed by atoms with Crippen LogP contribution in [0.3, 0.4) is 0 Å². The Balaban J connectivity index is 1.67. The summed E-state index contributed by atoms with van der Waals surface area (Å²) in [5.41, 5.74) is 0.695. The predicted molar refractivity (Wildman–Crippen MR) is 110 cm³/mol. The highest BCUT2D eigenvalue weighted by Gasteiger charge is 2.29. The van der Waals surface area contributed by atoms with E-state index in [9.17, 15) is 22.8 Å². The molecular weight excluding hydrogens is 409 g/mol. The summed E-state index contributed by atoms with van der Waals surface area (Å²) in [6.07, 6.45) is -4.41. The molecular formula is C23H19F3N2O3. The first-order chi connectivity index (χ1) is 14.8. The lowest BCUT2D eigenvalue weighted by atomic mass is 10.1. The molecule has 0 saturated carbocycles. The van der Waals surface area contributed by atoms with Crippen LogP contribution >= 0.6 is 0 Å². The molecule has 0 spiro atoms. The number of hydrogen-bond donors (Lipinski definition) is 2. The number of hydrogen-bond acceptors (Lipinski definition) is 3. The van der Waals surface area contributed by atoms with Crippen LogP contribution in [0.25, 0.3) is 0 Å². The summed E-state index contributed by atoms with van der Waals surface area (Å²) in [7, 11) is 1.52. The molecule has 3 rings (SSSR count). The number of benzene rings is 3. The van der Waals surface area contributed by atoms with E-state index in [0.29, 0.717) is 22.6 Å². The van der Waals surface area contributed by atoms with Crippen LogP contribution in [0.4, 0.5) is 18.9 Å². The summed E-state index contributed by atoms with van der Waals surface area (Å²) < 4.78 is 43.0. The molecule has 31 heavy (non-hydrogen) atoms. The fourth-order valence-corrected chi connectivity index (χ4v) is 2.82. The molecule has 0 fully saturated rings. The molecule has 2 N–H and O–H groups in total. The fourth-order valence-electron chi connectivity index (χ4n) is 2.82. The zero-order valence-corrected chi connectivity index (χ0v) is 16.5. The van der Waals surface area contributed by atoms with E-state index in [1.165, 1.54) is 19.2 Å². The largest absolute Gasteiger partial charge is 0.497 e. The Morgan fingerprint density at radius 2 is 1.52 bits per heavy atom. The molecule has 0 heterocycles. The predicted octanol–water partition coefficient (Wildman–Crippen LogP) is 4.90. The van der Waals surface area contributed by atoms with Gasteiger partial charge in [0.2, 0.25) is 0 Å². The summed E-state index contributed by atoms with van der Waals surface area (Å²) >= 11 is 0. The van der Waals surface area contributed by atoms with Gasteiger partial charge in [0.05, 0.1) is 23.9 Å². The van der Waals surface area contributed by atoms with Crippen molar-refractivity contribution in [3.05, 3.63) is 95.1 Å². The molecule has 0 atom stereocenters. The molecule has 0 bridgehead atoms. The average Bonchev–Trinajstić information content (AvgIpc) is 2.77. The number of ether oxygens (including phenoxy) is 1.